The SMILES string of the molecule is CNS(=O)(=O)c1cc(C(=O)Oc2ccc3c(C)cc(=O)oc3c2)ccc1Cl. The van der Waals surface area contributed by atoms with Crippen molar-refractivity contribution in [3.63, 3.8) is 0 Å². The topological polar surface area (TPSA) is 103 Å². The van der Waals surface area contributed by atoms with Gasteiger partial charge < -0.3 is 9.15 Å². The Morgan fingerprint density at radius 1 is 1.15 bits per heavy atom. The average molecular weight is 408 g/mol. The highest BCUT2D eigenvalue weighted by molar-refractivity contribution is 7.89. The van der Waals surface area contributed by atoms with E-state index in [1.807, 2.05) is 0 Å². The number of rotatable bonds is 4. The van der Waals surface area contributed by atoms with Crippen molar-refractivity contribution in [3.05, 3.63) is 69.0 Å². The molecular formula is C18H14ClNO6S. The molecule has 9 heteroatoms. The number of benzene rings is 2. The first-order chi connectivity index (χ1) is 12.7. The van der Waals surface area contributed by atoms with Gasteiger partial charge in [-0.3, -0.25) is 0 Å². The molecule has 27 heavy (non-hydrogen) atoms. The summed E-state index contributed by atoms with van der Waals surface area (Å²) in [5.74, 6) is -0.636. The quantitative estimate of drug-likeness (QED) is 0.405. The second-order valence-corrected chi connectivity index (χ2v) is 7.91. The maximum atomic E-state index is 12.4. The molecular weight excluding hydrogens is 394 g/mol. The van der Waals surface area contributed by atoms with E-state index in [1.165, 1.54) is 31.3 Å². The van der Waals surface area contributed by atoms with Crippen molar-refractivity contribution in [2.45, 2.75) is 11.8 Å². The van der Waals surface area contributed by atoms with E-state index in [2.05, 4.69) is 4.72 Å². The molecule has 0 bridgehead atoms. The predicted octanol–water partition coefficient (Wildman–Crippen LogP) is 2.88. The number of sulfonamides is 1. The number of esters is 1. The molecule has 0 saturated carbocycles. The zero-order chi connectivity index (χ0) is 19.8. The van der Waals surface area contributed by atoms with Crippen LogP contribution in [0.5, 0.6) is 5.75 Å². The van der Waals surface area contributed by atoms with Crippen LogP contribution in [0.2, 0.25) is 5.02 Å². The van der Waals surface area contributed by atoms with Crippen LogP contribution in [-0.4, -0.2) is 21.4 Å². The molecule has 140 valence electrons. The summed E-state index contributed by atoms with van der Waals surface area (Å²) in [6, 6.07) is 9.77. The first kappa shape index (κ1) is 19.1. The molecule has 0 fully saturated rings. The third-order valence-corrected chi connectivity index (χ3v) is 5.75. The molecule has 1 aromatic heterocycles. The molecule has 1 heterocycles. The number of hydrogen-bond acceptors (Lipinski definition) is 6. The van der Waals surface area contributed by atoms with Gasteiger partial charge in [0.05, 0.1) is 10.6 Å². The van der Waals surface area contributed by atoms with Crippen LogP contribution in [-0.2, 0) is 10.0 Å². The van der Waals surface area contributed by atoms with Gasteiger partial charge in [-0.05, 0) is 49.9 Å². The fourth-order valence-corrected chi connectivity index (χ4v) is 3.73. The van der Waals surface area contributed by atoms with Gasteiger partial charge in [0.1, 0.15) is 16.2 Å². The van der Waals surface area contributed by atoms with E-state index >= 15 is 0 Å². The molecule has 2 aromatic carbocycles. The van der Waals surface area contributed by atoms with Crippen LogP contribution < -0.4 is 15.1 Å². The van der Waals surface area contributed by atoms with E-state index in [0.29, 0.717) is 5.39 Å². The second-order valence-electron chi connectivity index (χ2n) is 5.65. The lowest BCUT2D eigenvalue weighted by atomic mass is 10.1. The maximum absolute atomic E-state index is 12.4. The van der Waals surface area contributed by atoms with Gasteiger partial charge in [0.2, 0.25) is 10.0 Å². The molecule has 3 aromatic rings. The minimum absolute atomic E-state index is 0.000910. The number of fused-ring (bicyclic) bond motifs is 1. The summed E-state index contributed by atoms with van der Waals surface area (Å²) >= 11 is 5.91. The maximum Gasteiger partial charge on any atom is 0.343 e. The number of hydrogen-bond donors (Lipinski definition) is 1. The number of aryl methyl sites for hydroxylation is 1. The molecule has 3 rings (SSSR count). The molecule has 0 saturated heterocycles. The molecule has 0 unspecified atom stereocenters. The van der Waals surface area contributed by atoms with E-state index in [0.717, 1.165) is 11.6 Å². The Kier molecular flexibility index (Phi) is 5.05. The summed E-state index contributed by atoms with van der Waals surface area (Å²) in [5.41, 5.74) is 0.501. The minimum Gasteiger partial charge on any atom is -0.423 e. The van der Waals surface area contributed by atoms with Crippen LogP contribution in [0.25, 0.3) is 11.0 Å². The van der Waals surface area contributed by atoms with Crippen LogP contribution in [0.4, 0.5) is 0 Å². The highest BCUT2D eigenvalue weighted by Gasteiger charge is 2.19. The standard InChI is InChI=1S/C18H14ClNO6S/c1-10-7-17(21)26-15-9-12(4-5-13(10)15)25-18(22)11-3-6-14(19)16(8-11)27(23,24)20-2/h3-9,20H,1-2H3. The van der Waals surface area contributed by atoms with Crippen molar-refractivity contribution >= 4 is 38.6 Å². The molecule has 0 radical (unpaired) electrons. The van der Waals surface area contributed by atoms with Crippen molar-refractivity contribution in [2.75, 3.05) is 7.05 Å². The highest BCUT2D eigenvalue weighted by Crippen LogP contribution is 2.25. The Morgan fingerprint density at radius 3 is 2.59 bits per heavy atom. The first-order valence-corrected chi connectivity index (χ1v) is 9.57. The molecule has 0 aliphatic carbocycles. The van der Waals surface area contributed by atoms with Crippen LogP contribution in [0, 0.1) is 6.92 Å². The van der Waals surface area contributed by atoms with Gasteiger partial charge in [-0.15, -0.1) is 0 Å². The van der Waals surface area contributed by atoms with Crippen molar-refractivity contribution in [1.82, 2.24) is 4.72 Å². The van der Waals surface area contributed by atoms with Gasteiger partial charge in [-0.1, -0.05) is 11.6 Å². The number of carbonyl (C=O) groups excluding carboxylic acids is 1. The Balaban J connectivity index is 1.95. The van der Waals surface area contributed by atoms with Crippen molar-refractivity contribution < 1.29 is 22.4 Å². The molecule has 0 aliphatic rings. The predicted molar refractivity (Wildman–Crippen MR) is 99.9 cm³/mol. The summed E-state index contributed by atoms with van der Waals surface area (Å²) in [4.78, 5) is 23.7. The lowest BCUT2D eigenvalue weighted by Crippen LogP contribution is -2.20. The number of nitrogens with one attached hydrogen (secondary N) is 1. The fourth-order valence-electron chi connectivity index (χ4n) is 2.48. The van der Waals surface area contributed by atoms with Crippen LogP contribution in [0.15, 0.2) is 56.6 Å². The Hall–Kier alpha value is -2.68. The van der Waals surface area contributed by atoms with Crippen LogP contribution in [0.3, 0.4) is 0 Å². The van der Waals surface area contributed by atoms with E-state index in [4.69, 9.17) is 20.8 Å². The molecule has 0 spiro atoms. The summed E-state index contributed by atoms with van der Waals surface area (Å²) in [6.07, 6.45) is 0. The van der Waals surface area contributed by atoms with Gasteiger partial charge >= 0.3 is 11.6 Å². The van der Waals surface area contributed by atoms with Crippen molar-refractivity contribution in [3.8, 4) is 5.75 Å². The summed E-state index contributed by atoms with van der Waals surface area (Å²) in [7, 11) is -2.60. The molecule has 0 atom stereocenters. The smallest absolute Gasteiger partial charge is 0.343 e. The summed E-state index contributed by atoms with van der Waals surface area (Å²) < 4.78 is 36.5. The van der Waals surface area contributed by atoms with Gasteiger partial charge in [-0.2, -0.15) is 0 Å². The van der Waals surface area contributed by atoms with Gasteiger partial charge in [0.25, 0.3) is 0 Å². The third-order valence-electron chi connectivity index (χ3n) is 3.86. The monoisotopic (exact) mass is 407 g/mol. The minimum atomic E-state index is -3.84. The average Bonchev–Trinajstić information content (AvgIpc) is 2.61. The Morgan fingerprint density at radius 2 is 1.89 bits per heavy atom. The highest BCUT2D eigenvalue weighted by atomic mass is 35.5. The van der Waals surface area contributed by atoms with Crippen molar-refractivity contribution in [2.24, 2.45) is 0 Å². The fraction of sp³-hybridized carbons (Fsp3) is 0.111. The molecule has 1 N–H and O–H groups in total. The number of ether oxygens (including phenoxy) is 1. The van der Waals surface area contributed by atoms with Crippen molar-refractivity contribution in [1.29, 1.82) is 0 Å². The number of halogens is 1. The molecule has 0 aliphatic heterocycles. The van der Waals surface area contributed by atoms with E-state index < -0.39 is 21.6 Å². The van der Waals surface area contributed by atoms with Gasteiger partial charge in [-0.25, -0.2) is 22.7 Å². The lowest BCUT2D eigenvalue weighted by molar-refractivity contribution is 0.0734. The normalized spacial score (nSPS) is 11.5. The number of carbonyl (C=O) groups is 1. The van der Waals surface area contributed by atoms with Gasteiger partial charge in [0.15, 0.2) is 0 Å². The van der Waals surface area contributed by atoms with E-state index in [1.54, 1.807) is 19.1 Å². The zero-order valence-corrected chi connectivity index (χ0v) is 15.8. The first-order valence-electron chi connectivity index (χ1n) is 7.71. The van der Waals surface area contributed by atoms with Gasteiger partial charge in [0, 0.05) is 17.5 Å². The summed E-state index contributed by atoms with van der Waals surface area (Å²) in [6.45, 7) is 1.77. The second kappa shape index (κ2) is 7.15. The molecule has 0 amide bonds. The van der Waals surface area contributed by atoms with Crippen LogP contribution >= 0.6 is 11.6 Å². The Bertz CT molecular complexity index is 1220. The molecule has 7 nitrogen and oxygen atoms in total. The third kappa shape index (κ3) is 3.87. The lowest BCUT2D eigenvalue weighted by Gasteiger charge is -2.09. The summed E-state index contributed by atoms with van der Waals surface area (Å²) in [5, 5.41) is 0.687. The zero-order valence-electron chi connectivity index (χ0n) is 14.3. The largest absolute Gasteiger partial charge is 0.423 e. The van der Waals surface area contributed by atoms with Crippen LogP contribution in [0.1, 0.15) is 15.9 Å². The Labute approximate surface area is 159 Å². The van der Waals surface area contributed by atoms with E-state index in [-0.39, 0.29) is 26.8 Å². The van der Waals surface area contributed by atoms with E-state index in [9.17, 15) is 18.0 Å².